The van der Waals surface area contributed by atoms with Gasteiger partial charge in [0.2, 0.25) is 0 Å². The second kappa shape index (κ2) is 22.4. The van der Waals surface area contributed by atoms with Gasteiger partial charge in [-0.15, -0.1) is 0 Å². The molecule has 38 heavy (non-hydrogen) atoms. The van der Waals surface area contributed by atoms with Crippen LogP contribution >= 0.6 is 0 Å². The van der Waals surface area contributed by atoms with Gasteiger partial charge in [-0.1, -0.05) is 44.3 Å². The van der Waals surface area contributed by atoms with Crippen molar-refractivity contribution in [1.82, 2.24) is 0 Å². The van der Waals surface area contributed by atoms with E-state index in [1.165, 1.54) is 34.8 Å². The predicted octanol–water partition coefficient (Wildman–Crippen LogP) is 4.54. The topological polar surface area (TPSA) is 140 Å². The maximum atomic E-state index is 9.25. The lowest BCUT2D eigenvalue weighted by atomic mass is 10.4. The molecule has 0 unspecified atom stereocenters. The van der Waals surface area contributed by atoms with Crippen molar-refractivity contribution in [2.75, 3.05) is 0 Å². The van der Waals surface area contributed by atoms with E-state index < -0.39 is 48.8 Å². The Morgan fingerprint density at radius 3 is 1.16 bits per heavy atom. The summed E-state index contributed by atoms with van der Waals surface area (Å²) in [5.74, 6) is -3.71. The van der Waals surface area contributed by atoms with Crippen LogP contribution < -0.4 is 0 Å². The van der Waals surface area contributed by atoms with Crippen LogP contribution in [0.1, 0.15) is 12.8 Å². The number of hydrogen-bond donors (Lipinski definition) is 3. The van der Waals surface area contributed by atoms with Gasteiger partial charge in [-0.05, 0) is 58.9 Å². The summed E-state index contributed by atoms with van der Waals surface area (Å²) in [5.41, 5.74) is 0. The lowest BCUT2D eigenvalue weighted by molar-refractivity contribution is -0.271. The number of hydrogen-bond acceptors (Lipinski definition) is 6. The molecule has 3 N–H and O–H groups in total. The van der Waals surface area contributed by atoms with Gasteiger partial charge < -0.3 is 28.6 Å². The van der Waals surface area contributed by atoms with Gasteiger partial charge in [0.1, 0.15) is 0 Å². The first-order valence-electron chi connectivity index (χ1n) is 12.7. The van der Waals surface area contributed by atoms with Crippen LogP contribution in [0.5, 0.6) is 0 Å². The van der Waals surface area contributed by atoms with Gasteiger partial charge in [0.15, 0.2) is 25.0 Å². The molecule has 0 saturated carbocycles. The third-order valence-electron chi connectivity index (χ3n) is 3.50. The zero-order valence-corrected chi connectivity index (χ0v) is 31.8. The lowest BCUT2D eigenvalue weighted by Gasteiger charge is -2.45. The molecule has 0 aromatic rings. The fourth-order valence-electron chi connectivity index (χ4n) is 2.56. The Bertz CT molecular complexity index is 626. The molecule has 0 aromatic heterocycles. The average Bonchev–Trinajstić information content (AvgIpc) is 2.70. The van der Waals surface area contributed by atoms with E-state index in [4.69, 9.17) is 28.6 Å². The van der Waals surface area contributed by atoms with E-state index in [0.717, 1.165) is 24.6 Å². The van der Waals surface area contributed by atoms with Crippen LogP contribution in [0.2, 0.25) is 77.1 Å². The van der Waals surface area contributed by atoms with Crippen LogP contribution in [0.25, 0.3) is 0 Å². The van der Waals surface area contributed by atoms with Crippen molar-refractivity contribution < 1.29 is 43.0 Å². The Balaban J connectivity index is -0.000000311. The van der Waals surface area contributed by atoms with Crippen LogP contribution in [0.15, 0.2) is 38.0 Å². The van der Waals surface area contributed by atoms with E-state index in [9.17, 15) is 14.4 Å². The Labute approximate surface area is 239 Å². The maximum Gasteiger partial charge on any atom is 0.327 e. The Kier molecular flexibility index (Phi) is 25.7. The van der Waals surface area contributed by atoms with Gasteiger partial charge >= 0.3 is 17.9 Å². The first-order chi connectivity index (χ1) is 17.0. The van der Waals surface area contributed by atoms with Crippen molar-refractivity contribution in [3.63, 3.8) is 0 Å². The summed E-state index contributed by atoms with van der Waals surface area (Å²) in [6.07, 6.45) is 4.86. The third kappa shape index (κ3) is 41.7. The Morgan fingerprint density at radius 1 is 0.711 bits per heavy atom. The quantitative estimate of drug-likeness (QED) is 0.103. The number of carboxylic acid groups (broad SMARTS) is 3. The third-order valence-corrected chi connectivity index (χ3v) is 8.83. The van der Waals surface area contributed by atoms with Crippen molar-refractivity contribution >= 4 is 62.6 Å². The Morgan fingerprint density at radius 2 is 0.974 bits per heavy atom. The lowest BCUT2D eigenvalue weighted by Crippen LogP contribution is -2.55. The van der Waals surface area contributed by atoms with Crippen molar-refractivity contribution in [1.29, 1.82) is 0 Å². The molecule has 0 aliphatic rings. The minimum Gasteiger partial charge on any atom is -0.478 e. The van der Waals surface area contributed by atoms with E-state index in [0.29, 0.717) is 0 Å². The van der Waals surface area contributed by atoms with Gasteiger partial charge in [0, 0.05) is 44.4 Å². The van der Waals surface area contributed by atoms with Gasteiger partial charge in [0.25, 0.3) is 5.97 Å². The smallest absolute Gasteiger partial charge is 0.327 e. The molecule has 0 aromatic carbocycles. The van der Waals surface area contributed by atoms with Crippen LogP contribution in [0.4, 0.5) is 0 Å². The molecule has 0 radical (unpaired) electrons. The van der Waals surface area contributed by atoms with Crippen LogP contribution in [-0.4, -0.2) is 83.9 Å². The van der Waals surface area contributed by atoms with E-state index in [1.54, 1.807) is 0 Å². The molecule has 0 atom stereocenters. The maximum absolute atomic E-state index is 9.25. The standard InChI is InChI=1S/C15H42O3Si5.3C3H4O2/c1-21(2,3)16-15(17-22(4,5)6,18-23(7,8)9)11-14-20-13-10-12-19;3*1-2-3(4)5/h10-14,20H2,1-9,19H3;3*2H,1H2,(H,4,5). The second-order valence-electron chi connectivity index (χ2n) is 11.1. The fourth-order valence-corrected chi connectivity index (χ4v) is 9.56. The molecular weight excluding hydrogens is 573 g/mol. The van der Waals surface area contributed by atoms with Gasteiger partial charge in [-0.3, -0.25) is 0 Å². The molecule has 224 valence electrons. The summed E-state index contributed by atoms with van der Waals surface area (Å²) < 4.78 is 19.7. The van der Waals surface area contributed by atoms with Crippen molar-refractivity contribution in [2.24, 2.45) is 0 Å². The van der Waals surface area contributed by atoms with E-state index in [1.807, 2.05) is 0 Å². The van der Waals surface area contributed by atoms with Gasteiger partial charge in [-0.25, -0.2) is 14.4 Å². The molecule has 0 spiro atoms. The first kappa shape index (κ1) is 43.6. The molecule has 0 aliphatic heterocycles. The van der Waals surface area contributed by atoms with Crippen molar-refractivity contribution in [2.45, 2.75) is 95.9 Å². The number of rotatable bonds is 15. The van der Waals surface area contributed by atoms with Crippen LogP contribution in [0, 0.1) is 0 Å². The number of aliphatic carboxylic acids is 3. The summed E-state index contributed by atoms with van der Waals surface area (Å²) in [6, 6.07) is 4.17. The molecule has 0 rings (SSSR count). The molecule has 0 bridgehead atoms. The molecule has 14 heteroatoms. The van der Waals surface area contributed by atoms with Crippen molar-refractivity contribution in [3.8, 4) is 0 Å². The summed E-state index contributed by atoms with van der Waals surface area (Å²) >= 11 is 0. The summed E-state index contributed by atoms with van der Waals surface area (Å²) in [5, 5.41) is 22.8. The van der Waals surface area contributed by atoms with E-state index >= 15 is 0 Å². The Hall–Kier alpha value is -1.41. The van der Waals surface area contributed by atoms with Crippen LogP contribution in [0.3, 0.4) is 0 Å². The molecular formula is C24H54O9Si5. The minimum absolute atomic E-state index is 0.0103. The summed E-state index contributed by atoms with van der Waals surface area (Å²) in [7, 11) is -3.92. The first-order valence-corrected chi connectivity index (χ1v) is 26.3. The van der Waals surface area contributed by atoms with E-state index in [2.05, 4.69) is 78.7 Å². The number of carboxylic acids is 3. The molecule has 0 heterocycles. The van der Waals surface area contributed by atoms with Crippen LogP contribution in [-0.2, 0) is 27.7 Å². The minimum atomic E-state index is -1.75. The highest BCUT2D eigenvalue weighted by molar-refractivity contribution is 6.72. The van der Waals surface area contributed by atoms with Gasteiger partial charge in [0.05, 0.1) is 0 Å². The number of carbonyl (C=O) groups is 3. The SMILES string of the molecule is C=CC(=O)O.C=CC(=O)O.C=CC(=O)O.C[Si](C)(C)OC(CC[SiH2]CCC[SiH3])(O[Si](C)(C)C)O[Si](C)(C)C. The highest BCUT2D eigenvalue weighted by Gasteiger charge is 2.44. The highest BCUT2D eigenvalue weighted by Crippen LogP contribution is 2.33. The molecule has 0 saturated heterocycles. The largest absolute Gasteiger partial charge is 0.478 e. The van der Waals surface area contributed by atoms with Crippen molar-refractivity contribution in [3.05, 3.63) is 38.0 Å². The summed E-state index contributed by atoms with van der Waals surface area (Å²) in [4.78, 5) is 27.8. The highest BCUT2D eigenvalue weighted by atomic mass is 28.4. The molecule has 0 fully saturated rings. The zero-order chi connectivity index (χ0) is 31.2. The monoisotopic (exact) mass is 626 g/mol. The fraction of sp³-hybridized carbons (Fsp3) is 0.625. The van der Waals surface area contributed by atoms with Gasteiger partial charge in [-0.2, -0.15) is 0 Å². The zero-order valence-electron chi connectivity index (χ0n) is 25.4. The predicted molar refractivity (Wildman–Crippen MR) is 172 cm³/mol. The molecule has 0 aliphatic carbocycles. The normalized spacial score (nSPS) is 11.6. The molecule has 0 amide bonds. The molecule has 9 nitrogen and oxygen atoms in total. The average molecular weight is 627 g/mol. The second-order valence-corrected chi connectivity index (χ2v) is 27.5. The van der Waals surface area contributed by atoms with E-state index in [-0.39, 0.29) is 9.52 Å². The summed E-state index contributed by atoms with van der Waals surface area (Å²) in [6.45, 7) is 29.0.